The van der Waals surface area contributed by atoms with Crippen molar-refractivity contribution in [1.82, 2.24) is 15.0 Å². The van der Waals surface area contributed by atoms with Crippen LogP contribution in [0.3, 0.4) is 0 Å². The maximum atomic E-state index is 9.74. The van der Waals surface area contributed by atoms with E-state index in [9.17, 15) is 5.11 Å². The molecule has 0 bridgehead atoms. The molecule has 2 fully saturated rings. The molecular weight excluding hydrogens is 268 g/mol. The summed E-state index contributed by atoms with van der Waals surface area (Å²) in [5, 5.41) is 12.8. The van der Waals surface area contributed by atoms with Gasteiger partial charge in [-0.3, -0.25) is 0 Å². The van der Waals surface area contributed by atoms with Gasteiger partial charge in [0.25, 0.3) is 0 Å². The first-order valence-electron chi connectivity index (χ1n) is 7.79. The molecule has 3 rings (SSSR count). The molecule has 2 aliphatic rings. The lowest BCUT2D eigenvalue weighted by Gasteiger charge is -2.21. The van der Waals surface area contributed by atoms with E-state index in [1.54, 1.807) is 0 Å². The highest BCUT2D eigenvalue weighted by molar-refractivity contribution is 5.46. The molecule has 0 aliphatic carbocycles. The molecule has 2 atom stereocenters. The van der Waals surface area contributed by atoms with E-state index in [1.807, 2.05) is 14.0 Å². The molecule has 2 saturated heterocycles. The van der Waals surface area contributed by atoms with Gasteiger partial charge in [-0.2, -0.15) is 15.0 Å². The highest BCUT2D eigenvalue weighted by Gasteiger charge is 2.28. The first-order valence-corrected chi connectivity index (χ1v) is 7.79. The number of nitrogens with zero attached hydrogens (tertiary/aromatic N) is 5. The van der Waals surface area contributed by atoms with E-state index in [4.69, 9.17) is 0 Å². The van der Waals surface area contributed by atoms with E-state index in [2.05, 4.69) is 30.1 Å². The van der Waals surface area contributed by atoms with Crippen LogP contribution in [-0.4, -0.2) is 59.4 Å². The van der Waals surface area contributed by atoms with Crippen molar-refractivity contribution in [3.05, 3.63) is 0 Å². The molecule has 2 N–H and O–H groups in total. The van der Waals surface area contributed by atoms with Crippen LogP contribution in [0.2, 0.25) is 0 Å². The minimum atomic E-state index is -0.279. The summed E-state index contributed by atoms with van der Waals surface area (Å²) in [5.74, 6) is 2.40. The summed E-state index contributed by atoms with van der Waals surface area (Å²) in [4.78, 5) is 18.0. The van der Waals surface area contributed by atoms with E-state index >= 15 is 0 Å². The Morgan fingerprint density at radius 3 is 2.33 bits per heavy atom. The third-order valence-electron chi connectivity index (χ3n) is 4.41. The second-order valence-corrected chi connectivity index (χ2v) is 5.94. The average molecular weight is 292 g/mol. The molecule has 0 aromatic carbocycles. The number of rotatable bonds is 4. The molecule has 3 heterocycles. The lowest BCUT2D eigenvalue weighted by atomic mass is 10.0. The number of hydrogen-bond donors (Lipinski definition) is 2. The summed E-state index contributed by atoms with van der Waals surface area (Å²) < 4.78 is 0. The van der Waals surface area contributed by atoms with Crippen LogP contribution in [-0.2, 0) is 0 Å². The number of aliphatic hydroxyl groups excluding tert-OH is 1. The fraction of sp³-hybridized carbons (Fsp3) is 0.786. The molecule has 116 valence electrons. The SMILES string of the molecule is CNc1nc(N2CCCC2)nc(N2CCC(C(C)O)C2)n1. The van der Waals surface area contributed by atoms with Crippen LogP contribution >= 0.6 is 0 Å². The van der Waals surface area contributed by atoms with Crippen molar-refractivity contribution in [1.29, 1.82) is 0 Å². The molecule has 21 heavy (non-hydrogen) atoms. The number of aromatic nitrogens is 3. The predicted octanol–water partition coefficient (Wildman–Crippen LogP) is 0.721. The van der Waals surface area contributed by atoms with Crippen molar-refractivity contribution < 1.29 is 5.11 Å². The Bertz CT molecular complexity index is 488. The largest absolute Gasteiger partial charge is 0.393 e. The van der Waals surface area contributed by atoms with E-state index < -0.39 is 0 Å². The molecule has 7 nitrogen and oxygen atoms in total. The molecule has 0 spiro atoms. The summed E-state index contributed by atoms with van der Waals surface area (Å²) in [6.45, 7) is 5.59. The van der Waals surface area contributed by atoms with Crippen LogP contribution in [0.4, 0.5) is 17.8 Å². The molecule has 2 unspecified atom stereocenters. The molecule has 2 aliphatic heterocycles. The maximum Gasteiger partial charge on any atom is 0.231 e. The molecule has 7 heteroatoms. The van der Waals surface area contributed by atoms with Gasteiger partial charge < -0.3 is 20.2 Å². The first kappa shape index (κ1) is 14.3. The quantitative estimate of drug-likeness (QED) is 0.846. The van der Waals surface area contributed by atoms with Crippen molar-refractivity contribution >= 4 is 17.8 Å². The number of aliphatic hydroxyl groups is 1. The van der Waals surface area contributed by atoms with E-state index in [-0.39, 0.29) is 6.10 Å². The average Bonchev–Trinajstić information content (AvgIpc) is 3.18. The molecule has 0 saturated carbocycles. The molecular formula is C14H24N6O. The minimum Gasteiger partial charge on any atom is -0.393 e. The smallest absolute Gasteiger partial charge is 0.231 e. The van der Waals surface area contributed by atoms with Gasteiger partial charge in [0.1, 0.15) is 0 Å². The second kappa shape index (κ2) is 6.01. The van der Waals surface area contributed by atoms with Crippen molar-refractivity contribution in [2.45, 2.75) is 32.3 Å². The molecule has 1 aromatic rings. The number of anilines is 3. The minimum absolute atomic E-state index is 0.279. The van der Waals surface area contributed by atoms with Crippen molar-refractivity contribution in [2.24, 2.45) is 5.92 Å². The van der Waals surface area contributed by atoms with Crippen molar-refractivity contribution in [3.8, 4) is 0 Å². The number of hydrogen-bond acceptors (Lipinski definition) is 7. The second-order valence-electron chi connectivity index (χ2n) is 5.94. The summed E-state index contributed by atoms with van der Waals surface area (Å²) >= 11 is 0. The van der Waals surface area contributed by atoms with Gasteiger partial charge in [-0.15, -0.1) is 0 Å². The fourth-order valence-corrected chi connectivity index (χ4v) is 3.03. The fourth-order valence-electron chi connectivity index (χ4n) is 3.03. The summed E-state index contributed by atoms with van der Waals surface area (Å²) in [6.07, 6.45) is 3.10. The summed E-state index contributed by atoms with van der Waals surface area (Å²) in [6, 6.07) is 0. The Hall–Kier alpha value is -1.63. The van der Waals surface area contributed by atoms with E-state index in [0.717, 1.165) is 44.5 Å². The highest BCUT2D eigenvalue weighted by atomic mass is 16.3. The van der Waals surface area contributed by atoms with Crippen LogP contribution in [0.15, 0.2) is 0 Å². The molecule has 0 amide bonds. The van der Waals surface area contributed by atoms with Crippen molar-refractivity contribution in [3.63, 3.8) is 0 Å². The highest BCUT2D eigenvalue weighted by Crippen LogP contribution is 2.26. The Morgan fingerprint density at radius 1 is 1.10 bits per heavy atom. The van der Waals surface area contributed by atoms with Crippen LogP contribution in [0, 0.1) is 5.92 Å². The third kappa shape index (κ3) is 3.02. The van der Waals surface area contributed by atoms with Crippen molar-refractivity contribution in [2.75, 3.05) is 48.3 Å². The lowest BCUT2D eigenvalue weighted by molar-refractivity contribution is 0.136. The summed E-state index contributed by atoms with van der Waals surface area (Å²) in [5.41, 5.74) is 0. The zero-order valence-electron chi connectivity index (χ0n) is 12.8. The summed E-state index contributed by atoms with van der Waals surface area (Å²) in [7, 11) is 1.83. The van der Waals surface area contributed by atoms with Gasteiger partial charge in [0, 0.05) is 39.1 Å². The van der Waals surface area contributed by atoms with Gasteiger partial charge in [0.05, 0.1) is 6.10 Å². The monoisotopic (exact) mass is 292 g/mol. The van der Waals surface area contributed by atoms with Gasteiger partial charge in [0.15, 0.2) is 0 Å². The zero-order valence-corrected chi connectivity index (χ0v) is 12.8. The first-order chi connectivity index (χ1) is 10.2. The maximum absolute atomic E-state index is 9.74. The molecule has 1 aromatic heterocycles. The van der Waals surface area contributed by atoms with Crippen LogP contribution in [0.5, 0.6) is 0 Å². The Morgan fingerprint density at radius 2 is 1.76 bits per heavy atom. The lowest BCUT2D eigenvalue weighted by Crippen LogP contribution is -2.28. The Kier molecular flexibility index (Phi) is 4.10. The normalized spacial score (nSPS) is 23.7. The predicted molar refractivity (Wildman–Crippen MR) is 82.8 cm³/mol. The Labute approximate surface area is 125 Å². The van der Waals surface area contributed by atoms with Crippen LogP contribution in [0.1, 0.15) is 26.2 Å². The Balaban J connectivity index is 1.82. The number of nitrogens with one attached hydrogen (secondary N) is 1. The van der Waals surface area contributed by atoms with Gasteiger partial charge in [-0.1, -0.05) is 0 Å². The molecule has 0 radical (unpaired) electrons. The van der Waals surface area contributed by atoms with Crippen LogP contribution < -0.4 is 15.1 Å². The standard InChI is InChI=1S/C14H24N6O/c1-10(21)11-5-8-20(9-11)14-17-12(15-2)16-13(18-14)19-6-3-4-7-19/h10-11,21H,3-9H2,1-2H3,(H,15,16,17,18). The third-order valence-corrected chi connectivity index (χ3v) is 4.41. The van der Waals surface area contributed by atoms with E-state index in [0.29, 0.717) is 11.9 Å². The van der Waals surface area contributed by atoms with Crippen LogP contribution in [0.25, 0.3) is 0 Å². The van der Waals surface area contributed by atoms with Gasteiger partial charge >= 0.3 is 0 Å². The van der Waals surface area contributed by atoms with Gasteiger partial charge in [-0.25, -0.2) is 0 Å². The topological polar surface area (TPSA) is 77.4 Å². The zero-order chi connectivity index (χ0) is 14.8. The van der Waals surface area contributed by atoms with E-state index in [1.165, 1.54) is 12.8 Å². The van der Waals surface area contributed by atoms with Gasteiger partial charge in [0.2, 0.25) is 17.8 Å². The van der Waals surface area contributed by atoms with Gasteiger partial charge in [-0.05, 0) is 26.2 Å².